The summed E-state index contributed by atoms with van der Waals surface area (Å²) in [6, 6.07) is 10.4. The van der Waals surface area contributed by atoms with Crippen molar-refractivity contribution in [1.29, 1.82) is 0 Å². The van der Waals surface area contributed by atoms with E-state index in [1.165, 1.54) is 53.4 Å². The van der Waals surface area contributed by atoms with Gasteiger partial charge in [0.15, 0.2) is 12.4 Å². The maximum absolute atomic E-state index is 12.3. The van der Waals surface area contributed by atoms with E-state index >= 15 is 0 Å². The monoisotopic (exact) mass is 413 g/mol. The highest BCUT2D eigenvalue weighted by Crippen LogP contribution is 2.28. The summed E-state index contributed by atoms with van der Waals surface area (Å²) in [5.41, 5.74) is 0.0925. The van der Waals surface area contributed by atoms with E-state index in [-0.39, 0.29) is 35.8 Å². The van der Waals surface area contributed by atoms with Crippen LogP contribution in [-0.2, 0) is 14.3 Å². The first-order valence-corrected chi connectivity index (χ1v) is 8.75. The Labute approximate surface area is 169 Å². The Kier molecular flexibility index (Phi) is 5.81. The lowest BCUT2D eigenvalue weighted by atomic mass is 10.1. The Hall–Kier alpha value is -4.15. The number of amides is 1. The number of ketones is 1. The molecular weight excluding hydrogens is 398 g/mol. The summed E-state index contributed by atoms with van der Waals surface area (Å²) in [4.78, 5) is 58.2. The molecule has 1 fully saturated rings. The van der Waals surface area contributed by atoms with Crippen molar-refractivity contribution in [3.05, 3.63) is 74.3 Å². The van der Waals surface area contributed by atoms with E-state index in [9.17, 15) is 34.6 Å². The molecule has 154 valence electrons. The average molecular weight is 413 g/mol. The topological polar surface area (TPSA) is 150 Å². The van der Waals surface area contributed by atoms with Crippen molar-refractivity contribution >= 4 is 34.7 Å². The van der Waals surface area contributed by atoms with Crippen LogP contribution in [0.4, 0.5) is 17.1 Å². The fourth-order valence-corrected chi connectivity index (χ4v) is 3.00. The van der Waals surface area contributed by atoms with Crippen LogP contribution in [0.15, 0.2) is 48.5 Å². The third-order valence-corrected chi connectivity index (χ3v) is 4.56. The largest absolute Gasteiger partial charge is 0.457 e. The zero-order valence-electron chi connectivity index (χ0n) is 15.4. The van der Waals surface area contributed by atoms with Crippen molar-refractivity contribution < 1.29 is 29.0 Å². The number of nitro benzene ring substituents is 2. The number of nitro groups is 2. The van der Waals surface area contributed by atoms with Gasteiger partial charge in [-0.1, -0.05) is 6.07 Å². The van der Waals surface area contributed by atoms with Gasteiger partial charge in [0.05, 0.1) is 21.5 Å². The summed E-state index contributed by atoms with van der Waals surface area (Å²) in [6.45, 7) is -0.595. The molecule has 11 nitrogen and oxygen atoms in total. The van der Waals surface area contributed by atoms with E-state index < -0.39 is 34.1 Å². The molecule has 3 rings (SSSR count). The van der Waals surface area contributed by atoms with Gasteiger partial charge >= 0.3 is 5.97 Å². The summed E-state index contributed by atoms with van der Waals surface area (Å²) < 4.78 is 5.00. The highest BCUT2D eigenvalue weighted by Gasteiger charge is 2.36. The zero-order valence-corrected chi connectivity index (χ0v) is 15.4. The predicted molar refractivity (Wildman–Crippen MR) is 102 cm³/mol. The average Bonchev–Trinajstić information content (AvgIpc) is 3.13. The summed E-state index contributed by atoms with van der Waals surface area (Å²) in [7, 11) is 0. The van der Waals surface area contributed by atoms with Gasteiger partial charge in [0.2, 0.25) is 5.91 Å². The lowest BCUT2D eigenvalue weighted by Gasteiger charge is -2.16. The zero-order chi connectivity index (χ0) is 21.8. The van der Waals surface area contributed by atoms with Crippen LogP contribution in [-0.4, -0.2) is 40.7 Å². The number of anilines is 1. The number of Topliss-reactive ketones (excluding diaryl/α,β-unsaturated/α-hetero) is 1. The van der Waals surface area contributed by atoms with Gasteiger partial charge in [-0.3, -0.25) is 34.6 Å². The number of carbonyl (C=O) groups excluding carboxylic acids is 3. The number of hydrogen-bond acceptors (Lipinski definition) is 8. The first-order valence-electron chi connectivity index (χ1n) is 8.75. The van der Waals surface area contributed by atoms with Gasteiger partial charge in [0, 0.05) is 42.8 Å². The van der Waals surface area contributed by atoms with E-state index in [4.69, 9.17) is 4.74 Å². The molecule has 1 amide bonds. The van der Waals surface area contributed by atoms with Gasteiger partial charge in [0.1, 0.15) is 0 Å². The Bertz CT molecular complexity index is 1030. The molecule has 0 N–H and O–H groups in total. The summed E-state index contributed by atoms with van der Waals surface area (Å²) in [6.07, 6.45) is -0.146. The second-order valence-corrected chi connectivity index (χ2v) is 6.52. The normalized spacial score (nSPS) is 15.7. The van der Waals surface area contributed by atoms with E-state index in [1.54, 1.807) is 0 Å². The molecule has 0 aliphatic carbocycles. The molecule has 0 unspecified atom stereocenters. The highest BCUT2D eigenvalue weighted by atomic mass is 16.6. The van der Waals surface area contributed by atoms with Gasteiger partial charge < -0.3 is 9.64 Å². The minimum Gasteiger partial charge on any atom is -0.457 e. The fourth-order valence-electron chi connectivity index (χ4n) is 3.00. The van der Waals surface area contributed by atoms with Crippen LogP contribution in [0.5, 0.6) is 0 Å². The molecule has 1 aliphatic rings. The molecule has 0 saturated carbocycles. The third kappa shape index (κ3) is 4.46. The maximum Gasteiger partial charge on any atom is 0.311 e. The lowest BCUT2D eigenvalue weighted by Crippen LogP contribution is -2.27. The molecule has 11 heteroatoms. The van der Waals surface area contributed by atoms with Crippen LogP contribution in [0.3, 0.4) is 0 Å². The van der Waals surface area contributed by atoms with Crippen molar-refractivity contribution in [2.24, 2.45) is 5.92 Å². The number of non-ortho nitro benzene ring substituents is 2. The van der Waals surface area contributed by atoms with Crippen LogP contribution in [0.1, 0.15) is 16.8 Å². The van der Waals surface area contributed by atoms with Gasteiger partial charge in [-0.25, -0.2) is 0 Å². The van der Waals surface area contributed by atoms with Gasteiger partial charge in [-0.2, -0.15) is 0 Å². The van der Waals surface area contributed by atoms with Gasteiger partial charge in [0.25, 0.3) is 11.4 Å². The van der Waals surface area contributed by atoms with Crippen LogP contribution < -0.4 is 4.90 Å². The SMILES string of the molecule is O=C(COC(=O)[C@H]1CC(=O)N(c2cccc([N+](=O)[O-])c2)C1)c1ccc([N+](=O)[O-])cc1. The Morgan fingerprint density at radius 1 is 1.03 bits per heavy atom. The van der Waals surface area contributed by atoms with Crippen molar-refractivity contribution in [3.8, 4) is 0 Å². The predicted octanol–water partition coefficient (Wildman–Crippen LogP) is 2.28. The highest BCUT2D eigenvalue weighted by molar-refractivity contribution is 6.01. The van der Waals surface area contributed by atoms with Gasteiger partial charge in [-0.05, 0) is 18.2 Å². The Balaban J connectivity index is 1.59. The van der Waals surface area contributed by atoms with Crippen molar-refractivity contribution in [2.75, 3.05) is 18.1 Å². The molecule has 1 saturated heterocycles. The smallest absolute Gasteiger partial charge is 0.311 e. The number of benzene rings is 2. The van der Waals surface area contributed by atoms with E-state index in [0.717, 1.165) is 0 Å². The van der Waals surface area contributed by atoms with Crippen LogP contribution >= 0.6 is 0 Å². The van der Waals surface area contributed by atoms with Crippen molar-refractivity contribution in [2.45, 2.75) is 6.42 Å². The molecule has 0 bridgehead atoms. The summed E-state index contributed by atoms with van der Waals surface area (Å²) in [5.74, 6) is -2.50. The van der Waals surface area contributed by atoms with E-state index in [0.29, 0.717) is 5.69 Å². The number of ether oxygens (including phenoxy) is 1. The van der Waals surface area contributed by atoms with Gasteiger partial charge in [-0.15, -0.1) is 0 Å². The minimum absolute atomic E-state index is 0.0233. The fraction of sp³-hybridized carbons (Fsp3) is 0.211. The van der Waals surface area contributed by atoms with Crippen LogP contribution in [0.25, 0.3) is 0 Å². The lowest BCUT2D eigenvalue weighted by molar-refractivity contribution is -0.385. The van der Waals surface area contributed by atoms with Crippen molar-refractivity contribution in [1.82, 2.24) is 0 Å². The third-order valence-electron chi connectivity index (χ3n) is 4.56. The Morgan fingerprint density at radius 2 is 1.70 bits per heavy atom. The second kappa shape index (κ2) is 8.47. The molecular formula is C19H15N3O8. The number of carbonyl (C=O) groups is 3. The van der Waals surface area contributed by atoms with Crippen LogP contribution in [0.2, 0.25) is 0 Å². The van der Waals surface area contributed by atoms with E-state index in [1.807, 2.05) is 0 Å². The minimum atomic E-state index is -0.818. The van der Waals surface area contributed by atoms with Crippen molar-refractivity contribution in [3.63, 3.8) is 0 Å². The summed E-state index contributed by atoms with van der Waals surface area (Å²) >= 11 is 0. The van der Waals surface area contributed by atoms with Crippen LogP contribution in [0, 0.1) is 26.1 Å². The molecule has 0 spiro atoms. The molecule has 1 aliphatic heterocycles. The first kappa shape index (κ1) is 20.6. The second-order valence-electron chi connectivity index (χ2n) is 6.52. The number of hydrogen-bond donors (Lipinski definition) is 0. The molecule has 1 atom stereocenters. The number of esters is 1. The quantitative estimate of drug-likeness (QED) is 0.290. The Morgan fingerprint density at radius 3 is 2.33 bits per heavy atom. The molecule has 30 heavy (non-hydrogen) atoms. The molecule has 1 heterocycles. The van der Waals surface area contributed by atoms with E-state index in [2.05, 4.69) is 0 Å². The molecule has 0 radical (unpaired) electrons. The molecule has 0 aromatic heterocycles. The molecule has 2 aromatic rings. The first-order chi connectivity index (χ1) is 14.3. The standard InChI is InChI=1S/C19H15N3O8/c23-17(12-4-6-14(7-5-12)21(26)27)11-30-19(25)13-8-18(24)20(10-13)15-2-1-3-16(9-15)22(28)29/h1-7,9,13H,8,10-11H2/t13-/m0/s1. The number of rotatable bonds is 7. The molecule has 2 aromatic carbocycles. The summed E-state index contributed by atoms with van der Waals surface area (Å²) in [5, 5.41) is 21.5. The maximum atomic E-state index is 12.3. The number of nitrogens with zero attached hydrogens (tertiary/aromatic N) is 3.